The van der Waals surface area contributed by atoms with E-state index in [0.717, 1.165) is 6.42 Å². The first kappa shape index (κ1) is 14.4. The summed E-state index contributed by atoms with van der Waals surface area (Å²) >= 11 is 4.75. The highest BCUT2D eigenvalue weighted by Crippen LogP contribution is 2.24. The molecule has 1 aromatic carbocycles. The van der Waals surface area contributed by atoms with Crippen LogP contribution in [0.4, 0.5) is 5.69 Å². The normalized spacial score (nSPS) is 11.7. The molecule has 98 valence electrons. The molecule has 0 aliphatic carbocycles. The van der Waals surface area contributed by atoms with Gasteiger partial charge in [0, 0.05) is 5.92 Å². The van der Waals surface area contributed by atoms with E-state index in [1.807, 2.05) is 26.0 Å². The third-order valence-corrected chi connectivity index (χ3v) is 2.69. The molecule has 0 heterocycles. The Labute approximate surface area is 113 Å². The summed E-state index contributed by atoms with van der Waals surface area (Å²) in [5.74, 6) is 0.513. The average Bonchev–Trinajstić information content (AvgIpc) is 2.36. The van der Waals surface area contributed by atoms with Gasteiger partial charge in [-0.1, -0.05) is 38.2 Å². The van der Waals surface area contributed by atoms with Gasteiger partial charge in [-0.15, -0.1) is 0 Å². The lowest BCUT2D eigenvalue weighted by atomic mass is 10.1. The molecule has 18 heavy (non-hydrogen) atoms. The molecular formula is C13H18N2O2S. The minimum absolute atomic E-state index is 0.0242. The van der Waals surface area contributed by atoms with Gasteiger partial charge in [0.25, 0.3) is 0 Å². The van der Waals surface area contributed by atoms with Gasteiger partial charge in [0.15, 0.2) is 0 Å². The summed E-state index contributed by atoms with van der Waals surface area (Å²) < 4.78 is 5.43. The minimum Gasteiger partial charge on any atom is -0.484 e. The van der Waals surface area contributed by atoms with E-state index in [1.165, 1.54) is 0 Å². The molecule has 1 unspecified atom stereocenters. The van der Waals surface area contributed by atoms with E-state index in [9.17, 15) is 4.79 Å². The number of carbonyl (C=O) groups excluding carboxylic acids is 1. The Kier molecular flexibility index (Phi) is 5.58. The highest BCUT2D eigenvalue weighted by Gasteiger charge is 2.12. The SMILES string of the molecule is CCC(C)C(=O)Nc1ccccc1OCC(N)=S. The van der Waals surface area contributed by atoms with Crippen molar-refractivity contribution >= 4 is 28.8 Å². The van der Waals surface area contributed by atoms with Gasteiger partial charge in [-0.3, -0.25) is 4.79 Å². The maximum Gasteiger partial charge on any atom is 0.227 e. The standard InChI is InChI=1S/C13H18N2O2S/c1-3-9(2)13(16)15-10-6-4-5-7-11(10)17-8-12(14)18/h4-7,9H,3,8H2,1-2H3,(H2,14,18)(H,15,16). The number of hydrogen-bond acceptors (Lipinski definition) is 3. The van der Waals surface area contributed by atoms with E-state index >= 15 is 0 Å². The van der Waals surface area contributed by atoms with E-state index in [1.54, 1.807) is 12.1 Å². The first-order chi connectivity index (χ1) is 8.54. The Hall–Kier alpha value is -1.62. The van der Waals surface area contributed by atoms with Crippen molar-refractivity contribution in [1.82, 2.24) is 0 Å². The van der Waals surface area contributed by atoms with Crippen LogP contribution >= 0.6 is 12.2 Å². The molecule has 3 N–H and O–H groups in total. The molecule has 4 nitrogen and oxygen atoms in total. The first-order valence-corrected chi connectivity index (χ1v) is 6.26. The summed E-state index contributed by atoms with van der Waals surface area (Å²) in [6.45, 7) is 4.01. The van der Waals surface area contributed by atoms with Gasteiger partial charge in [0.1, 0.15) is 17.3 Å². The fourth-order valence-electron chi connectivity index (χ4n) is 1.29. The lowest BCUT2D eigenvalue weighted by Gasteiger charge is -2.14. The first-order valence-electron chi connectivity index (χ1n) is 5.85. The number of carbonyl (C=O) groups is 1. The monoisotopic (exact) mass is 266 g/mol. The molecule has 1 amide bonds. The van der Waals surface area contributed by atoms with E-state index in [0.29, 0.717) is 11.4 Å². The summed E-state index contributed by atoms with van der Waals surface area (Å²) in [4.78, 5) is 12.1. The van der Waals surface area contributed by atoms with Gasteiger partial charge in [0.05, 0.1) is 5.69 Å². The highest BCUT2D eigenvalue weighted by atomic mass is 32.1. The van der Waals surface area contributed by atoms with Crippen molar-refractivity contribution in [3.05, 3.63) is 24.3 Å². The zero-order chi connectivity index (χ0) is 13.5. The molecule has 5 heteroatoms. The number of nitrogens with two attached hydrogens (primary N) is 1. The maximum absolute atomic E-state index is 11.8. The molecule has 0 saturated heterocycles. The lowest BCUT2D eigenvalue weighted by Crippen LogP contribution is -2.21. The number of benzene rings is 1. The second-order valence-electron chi connectivity index (χ2n) is 4.05. The van der Waals surface area contributed by atoms with Crippen LogP contribution in [0.5, 0.6) is 5.75 Å². The summed E-state index contributed by atoms with van der Waals surface area (Å²) in [7, 11) is 0. The number of rotatable bonds is 6. The summed E-state index contributed by atoms with van der Waals surface area (Å²) in [6.07, 6.45) is 0.793. The molecule has 1 aromatic rings. The van der Waals surface area contributed by atoms with Crippen LogP contribution in [0.25, 0.3) is 0 Å². The van der Waals surface area contributed by atoms with Crippen LogP contribution < -0.4 is 15.8 Å². The van der Waals surface area contributed by atoms with Crippen LogP contribution in [-0.2, 0) is 4.79 Å². The third kappa shape index (κ3) is 4.33. The summed E-state index contributed by atoms with van der Waals surface area (Å²) in [5.41, 5.74) is 6.02. The van der Waals surface area contributed by atoms with E-state index < -0.39 is 0 Å². The van der Waals surface area contributed by atoms with Gasteiger partial charge in [-0.25, -0.2) is 0 Å². The molecule has 0 fully saturated rings. The van der Waals surface area contributed by atoms with Gasteiger partial charge in [0.2, 0.25) is 5.91 Å². The molecule has 0 radical (unpaired) electrons. The van der Waals surface area contributed by atoms with Crippen molar-refractivity contribution in [2.45, 2.75) is 20.3 Å². The fourth-order valence-corrected chi connectivity index (χ4v) is 1.34. The Morgan fingerprint density at radius 3 is 2.78 bits per heavy atom. The van der Waals surface area contributed by atoms with Crippen LogP contribution in [0.1, 0.15) is 20.3 Å². The molecule has 0 aliphatic heterocycles. The number of nitrogens with one attached hydrogen (secondary N) is 1. The molecule has 0 aliphatic rings. The zero-order valence-electron chi connectivity index (χ0n) is 10.6. The quantitative estimate of drug-likeness (QED) is 0.776. The van der Waals surface area contributed by atoms with Crippen molar-refractivity contribution in [1.29, 1.82) is 0 Å². The van der Waals surface area contributed by atoms with Crippen molar-refractivity contribution in [3.8, 4) is 5.75 Å². The predicted molar refractivity (Wildman–Crippen MR) is 76.8 cm³/mol. The molecule has 0 spiro atoms. The fraction of sp³-hybridized carbons (Fsp3) is 0.385. The van der Waals surface area contributed by atoms with E-state index in [4.69, 9.17) is 22.7 Å². The molecule has 1 rings (SSSR count). The number of ether oxygens (including phenoxy) is 1. The van der Waals surface area contributed by atoms with E-state index in [2.05, 4.69) is 5.32 Å². The van der Waals surface area contributed by atoms with E-state index in [-0.39, 0.29) is 23.4 Å². The number of hydrogen-bond donors (Lipinski definition) is 2. The topological polar surface area (TPSA) is 64.3 Å². The zero-order valence-corrected chi connectivity index (χ0v) is 11.4. The van der Waals surface area contributed by atoms with Gasteiger partial charge >= 0.3 is 0 Å². The van der Waals surface area contributed by atoms with Crippen LogP contribution in [0.2, 0.25) is 0 Å². The Morgan fingerprint density at radius 1 is 1.50 bits per heavy atom. The van der Waals surface area contributed by atoms with Crippen molar-refractivity contribution in [2.75, 3.05) is 11.9 Å². The molecule has 1 atom stereocenters. The van der Waals surface area contributed by atoms with Crippen LogP contribution in [-0.4, -0.2) is 17.5 Å². The maximum atomic E-state index is 11.8. The number of amides is 1. The van der Waals surface area contributed by atoms with Gasteiger partial charge < -0.3 is 15.8 Å². The smallest absolute Gasteiger partial charge is 0.227 e. The molecule has 0 aromatic heterocycles. The van der Waals surface area contributed by atoms with Crippen molar-refractivity contribution in [3.63, 3.8) is 0 Å². The van der Waals surface area contributed by atoms with Crippen LogP contribution in [0.3, 0.4) is 0 Å². The summed E-state index contributed by atoms with van der Waals surface area (Å²) in [6, 6.07) is 7.22. The second kappa shape index (κ2) is 6.96. The minimum atomic E-state index is -0.0337. The number of anilines is 1. The average molecular weight is 266 g/mol. The van der Waals surface area contributed by atoms with Crippen molar-refractivity contribution < 1.29 is 9.53 Å². The second-order valence-corrected chi connectivity index (χ2v) is 4.57. The Balaban J connectivity index is 2.75. The largest absolute Gasteiger partial charge is 0.484 e. The van der Waals surface area contributed by atoms with Crippen molar-refractivity contribution in [2.24, 2.45) is 11.7 Å². The van der Waals surface area contributed by atoms with Gasteiger partial charge in [-0.2, -0.15) is 0 Å². The van der Waals surface area contributed by atoms with Crippen LogP contribution in [0, 0.1) is 5.92 Å². The Bertz CT molecular complexity index is 435. The number of para-hydroxylation sites is 2. The molecule has 0 bridgehead atoms. The lowest BCUT2D eigenvalue weighted by molar-refractivity contribution is -0.119. The Morgan fingerprint density at radius 2 is 2.17 bits per heavy atom. The third-order valence-electron chi connectivity index (χ3n) is 2.57. The molecule has 0 saturated carbocycles. The predicted octanol–water partition coefficient (Wildman–Crippen LogP) is 2.34. The number of thiocarbonyl (C=S) groups is 1. The van der Waals surface area contributed by atoms with Gasteiger partial charge in [-0.05, 0) is 18.6 Å². The summed E-state index contributed by atoms with van der Waals surface area (Å²) in [5, 5.41) is 2.84. The highest BCUT2D eigenvalue weighted by molar-refractivity contribution is 7.80. The van der Waals surface area contributed by atoms with Crippen LogP contribution in [0.15, 0.2) is 24.3 Å². The molecular weight excluding hydrogens is 248 g/mol.